The van der Waals surface area contributed by atoms with Crippen molar-refractivity contribution in [3.63, 3.8) is 0 Å². The van der Waals surface area contributed by atoms with E-state index >= 15 is 0 Å². The molecule has 0 aliphatic rings. The molecule has 0 bridgehead atoms. The van der Waals surface area contributed by atoms with Gasteiger partial charge in [0.15, 0.2) is 0 Å². The van der Waals surface area contributed by atoms with E-state index in [-0.39, 0.29) is 0 Å². The zero-order valence-corrected chi connectivity index (χ0v) is 7.82. The molecule has 0 aliphatic carbocycles. The van der Waals surface area contributed by atoms with E-state index in [0.717, 1.165) is 14.5 Å². The average Bonchev–Trinajstić information content (AvgIpc) is 2.04. The highest BCUT2D eigenvalue weighted by Crippen LogP contribution is 2.12. The molecule has 0 atom stereocenters. The zero-order valence-electron chi connectivity index (χ0n) is 5.66. The molecule has 3 heteroatoms. The lowest BCUT2D eigenvalue weighted by Crippen LogP contribution is -1.80. The molecule has 0 radical (unpaired) electrons. The second-order valence-electron chi connectivity index (χ2n) is 2.23. The number of fused-ring (bicyclic) bond motifs is 1. The van der Waals surface area contributed by atoms with E-state index in [1.54, 1.807) is 6.20 Å². The highest BCUT2D eigenvalue weighted by molar-refractivity contribution is 14.1. The van der Waals surface area contributed by atoms with Crippen LogP contribution in [0.5, 0.6) is 0 Å². The molecule has 0 fully saturated rings. The molecule has 2 nitrogen and oxygen atoms in total. The summed E-state index contributed by atoms with van der Waals surface area (Å²) in [5, 5.41) is 2.28. The van der Waals surface area contributed by atoms with Crippen molar-refractivity contribution < 1.29 is 0 Å². The van der Waals surface area contributed by atoms with Crippen LogP contribution in [0.4, 0.5) is 0 Å². The van der Waals surface area contributed by atoms with Gasteiger partial charge in [-0.2, -0.15) is 0 Å². The summed E-state index contributed by atoms with van der Waals surface area (Å²) >= 11 is 2.19. The van der Waals surface area contributed by atoms with Crippen molar-refractivity contribution in [2.45, 2.75) is 0 Å². The van der Waals surface area contributed by atoms with E-state index in [1.807, 2.05) is 24.5 Å². The Morgan fingerprint density at radius 3 is 3.00 bits per heavy atom. The fraction of sp³-hybridized carbons (Fsp3) is 0. The number of aromatic nitrogens is 2. The summed E-state index contributed by atoms with van der Waals surface area (Å²) in [5.41, 5.74) is 0. The number of nitrogens with zero attached hydrogens (tertiary/aromatic N) is 2. The predicted molar refractivity (Wildman–Crippen MR) is 52.3 cm³/mol. The minimum Gasteiger partial charge on any atom is -0.264 e. The van der Waals surface area contributed by atoms with Gasteiger partial charge in [0.2, 0.25) is 0 Å². The van der Waals surface area contributed by atoms with Crippen LogP contribution in [0.25, 0.3) is 10.8 Å². The summed E-state index contributed by atoms with van der Waals surface area (Å²) in [6.45, 7) is 0. The summed E-state index contributed by atoms with van der Waals surface area (Å²) in [6, 6.07) is 3.97. The highest BCUT2D eigenvalue weighted by atomic mass is 127. The van der Waals surface area contributed by atoms with Gasteiger partial charge >= 0.3 is 0 Å². The fourth-order valence-corrected chi connectivity index (χ4v) is 1.43. The van der Waals surface area contributed by atoms with Crippen molar-refractivity contribution in [1.82, 2.24) is 9.97 Å². The topological polar surface area (TPSA) is 25.8 Å². The van der Waals surface area contributed by atoms with E-state index in [0.29, 0.717) is 0 Å². The molecule has 2 heterocycles. The highest BCUT2D eigenvalue weighted by Gasteiger charge is 1.92. The maximum atomic E-state index is 4.17. The Hall–Kier alpha value is -0.710. The summed E-state index contributed by atoms with van der Waals surface area (Å²) < 4.78 is 1.00. The minimum absolute atomic E-state index is 1.00. The van der Waals surface area contributed by atoms with Crippen molar-refractivity contribution >= 4 is 33.4 Å². The Labute approximate surface area is 77.8 Å². The lowest BCUT2D eigenvalue weighted by atomic mass is 10.2. The van der Waals surface area contributed by atoms with E-state index in [9.17, 15) is 0 Å². The van der Waals surface area contributed by atoms with Gasteiger partial charge in [-0.3, -0.25) is 4.98 Å². The first-order valence-corrected chi connectivity index (χ1v) is 4.29. The molecule has 0 aliphatic heterocycles. The molecule has 0 saturated heterocycles. The smallest absolute Gasteiger partial charge is 0.102 e. The molecule has 54 valence electrons. The maximum Gasteiger partial charge on any atom is 0.102 e. The number of hydrogen-bond donors (Lipinski definition) is 0. The van der Waals surface area contributed by atoms with Crippen molar-refractivity contribution in [2.75, 3.05) is 0 Å². The first kappa shape index (κ1) is 6.97. The van der Waals surface area contributed by atoms with Crippen LogP contribution in [0.15, 0.2) is 30.7 Å². The monoisotopic (exact) mass is 256 g/mol. The van der Waals surface area contributed by atoms with Gasteiger partial charge in [0, 0.05) is 29.4 Å². The van der Waals surface area contributed by atoms with Crippen LogP contribution in [-0.2, 0) is 0 Å². The zero-order chi connectivity index (χ0) is 7.68. The molecule has 0 unspecified atom stereocenters. The van der Waals surface area contributed by atoms with Crippen LogP contribution in [0, 0.1) is 3.70 Å². The Morgan fingerprint density at radius 2 is 2.09 bits per heavy atom. The largest absolute Gasteiger partial charge is 0.264 e. The van der Waals surface area contributed by atoms with Crippen LogP contribution in [0.1, 0.15) is 0 Å². The average molecular weight is 256 g/mol. The summed E-state index contributed by atoms with van der Waals surface area (Å²) in [6.07, 6.45) is 5.48. The Balaban J connectivity index is 2.83. The molecule has 11 heavy (non-hydrogen) atoms. The molecule has 0 aromatic carbocycles. The Bertz CT molecular complexity index is 387. The minimum atomic E-state index is 1.00. The number of rotatable bonds is 0. The molecular weight excluding hydrogens is 251 g/mol. The van der Waals surface area contributed by atoms with Gasteiger partial charge in [-0.1, -0.05) is 0 Å². The van der Waals surface area contributed by atoms with Crippen LogP contribution in [0.2, 0.25) is 0 Å². The normalized spacial score (nSPS) is 10.3. The molecule has 0 spiro atoms. The SMILES string of the molecule is Ic1cc2cnccc2cn1. The fourth-order valence-electron chi connectivity index (χ4n) is 0.952. The lowest BCUT2D eigenvalue weighted by Gasteiger charge is -1.94. The number of halogens is 1. The quantitative estimate of drug-likeness (QED) is 0.533. The first-order valence-electron chi connectivity index (χ1n) is 3.21. The standard InChI is InChI=1S/C8H5IN2/c9-8-3-7-4-10-2-1-6(7)5-11-8/h1-5H. The maximum absolute atomic E-state index is 4.17. The molecule has 0 saturated carbocycles. The molecule has 2 aromatic rings. The number of pyridine rings is 2. The third-order valence-corrected chi connectivity index (χ3v) is 2.08. The molecule has 2 rings (SSSR count). The third-order valence-electron chi connectivity index (χ3n) is 1.49. The predicted octanol–water partition coefficient (Wildman–Crippen LogP) is 2.23. The van der Waals surface area contributed by atoms with E-state index in [1.165, 1.54) is 0 Å². The molecule has 0 amide bonds. The second-order valence-corrected chi connectivity index (χ2v) is 3.34. The third kappa shape index (κ3) is 1.33. The summed E-state index contributed by atoms with van der Waals surface area (Å²) in [7, 11) is 0. The van der Waals surface area contributed by atoms with Crippen LogP contribution in [-0.4, -0.2) is 9.97 Å². The van der Waals surface area contributed by atoms with E-state index in [2.05, 4.69) is 32.6 Å². The number of hydrogen-bond acceptors (Lipinski definition) is 2. The molecule has 0 N–H and O–H groups in total. The van der Waals surface area contributed by atoms with Gasteiger partial charge in [0.05, 0.1) is 0 Å². The van der Waals surface area contributed by atoms with Crippen LogP contribution in [0.3, 0.4) is 0 Å². The van der Waals surface area contributed by atoms with Crippen molar-refractivity contribution in [3.05, 3.63) is 34.4 Å². The van der Waals surface area contributed by atoms with Gasteiger partial charge < -0.3 is 0 Å². The van der Waals surface area contributed by atoms with Gasteiger partial charge in [0.1, 0.15) is 3.70 Å². The van der Waals surface area contributed by atoms with Gasteiger partial charge in [-0.15, -0.1) is 0 Å². The second kappa shape index (κ2) is 2.73. The Kier molecular flexibility index (Phi) is 1.73. The molecular formula is C8H5IN2. The first-order chi connectivity index (χ1) is 5.36. The van der Waals surface area contributed by atoms with Crippen molar-refractivity contribution in [3.8, 4) is 0 Å². The van der Waals surface area contributed by atoms with Crippen LogP contribution < -0.4 is 0 Å². The molecule has 2 aromatic heterocycles. The van der Waals surface area contributed by atoms with Crippen molar-refractivity contribution in [2.24, 2.45) is 0 Å². The van der Waals surface area contributed by atoms with E-state index in [4.69, 9.17) is 0 Å². The van der Waals surface area contributed by atoms with Gasteiger partial charge in [0.25, 0.3) is 0 Å². The summed E-state index contributed by atoms with van der Waals surface area (Å²) in [4.78, 5) is 8.19. The van der Waals surface area contributed by atoms with Gasteiger partial charge in [-0.05, 0) is 34.7 Å². The van der Waals surface area contributed by atoms with Gasteiger partial charge in [-0.25, -0.2) is 4.98 Å². The lowest BCUT2D eigenvalue weighted by molar-refractivity contribution is 1.28. The van der Waals surface area contributed by atoms with Crippen molar-refractivity contribution in [1.29, 1.82) is 0 Å². The van der Waals surface area contributed by atoms with Crippen LogP contribution >= 0.6 is 22.6 Å². The summed E-state index contributed by atoms with van der Waals surface area (Å²) in [5.74, 6) is 0. The Morgan fingerprint density at radius 1 is 1.18 bits per heavy atom. The van der Waals surface area contributed by atoms with E-state index < -0.39 is 0 Å².